The minimum absolute atomic E-state index is 0.232. The smallest absolute Gasteiger partial charge is 0.416 e. The van der Waals surface area contributed by atoms with E-state index in [4.69, 9.17) is 16.3 Å². The van der Waals surface area contributed by atoms with Crippen molar-refractivity contribution in [3.05, 3.63) is 81.5 Å². The predicted octanol–water partition coefficient (Wildman–Crippen LogP) is 5.33. The Kier molecular flexibility index (Phi) is 7.13. The van der Waals surface area contributed by atoms with E-state index in [9.17, 15) is 18.0 Å². The molecule has 0 aliphatic carbocycles. The van der Waals surface area contributed by atoms with Crippen molar-refractivity contribution >= 4 is 23.5 Å². The third-order valence-electron chi connectivity index (χ3n) is 5.18. The third kappa shape index (κ3) is 5.07. The molecule has 0 spiro atoms. The van der Waals surface area contributed by atoms with Gasteiger partial charge in [0.1, 0.15) is 0 Å². The second-order valence-corrected chi connectivity index (χ2v) is 7.64. The number of rotatable bonds is 5. The summed E-state index contributed by atoms with van der Waals surface area (Å²) in [6.45, 7) is 4.41. The standard InChI is InChI=1S/C23H23ClF3N3O2/c1-4-30-14(2)19(21(31)32-3)20(16-8-6-9-17(12-16)23(25,26)27)29-22(30)28-13-15-7-5-10-18(24)11-15/h5-12,20H,4,13H2,1-3H3,(H,28,29)/t20-/m0/s1. The molecule has 0 fully saturated rings. The summed E-state index contributed by atoms with van der Waals surface area (Å²) in [5, 5.41) is 3.73. The number of alkyl halides is 3. The van der Waals surface area contributed by atoms with E-state index in [1.165, 1.54) is 13.2 Å². The van der Waals surface area contributed by atoms with Crippen LogP contribution in [0.4, 0.5) is 13.2 Å². The lowest BCUT2D eigenvalue weighted by Gasteiger charge is -2.37. The minimum Gasteiger partial charge on any atom is -0.466 e. The first-order valence-corrected chi connectivity index (χ1v) is 10.3. The first kappa shape index (κ1) is 23.7. The van der Waals surface area contributed by atoms with Crippen molar-refractivity contribution in [2.24, 2.45) is 4.99 Å². The molecule has 0 amide bonds. The molecule has 0 radical (unpaired) electrons. The second-order valence-electron chi connectivity index (χ2n) is 7.21. The summed E-state index contributed by atoms with van der Waals surface area (Å²) in [5.74, 6) is -0.176. The molecule has 1 aliphatic heterocycles. The number of benzene rings is 2. The van der Waals surface area contributed by atoms with Gasteiger partial charge in [-0.05, 0) is 49.2 Å². The molecular formula is C23H23ClF3N3O2. The minimum atomic E-state index is -4.51. The Hall–Kier alpha value is -3.00. The van der Waals surface area contributed by atoms with E-state index in [1.807, 2.05) is 19.1 Å². The van der Waals surface area contributed by atoms with Crippen LogP contribution in [-0.2, 0) is 22.3 Å². The molecule has 2 aromatic rings. The van der Waals surface area contributed by atoms with Crippen molar-refractivity contribution in [3.8, 4) is 0 Å². The van der Waals surface area contributed by atoms with Crippen molar-refractivity contribution in [1.29, 1.82) is 0 Å². The Labute approximate surface area is 189 Å². The Morgan fingerprint density at radius 3 is 2.56 bits per heavy atom. The Morgan fingerprint density at radius 2 is 1.94 bits per heavy atom. The molecular weight excluding hydrogens is 443 g/mol. The number of aliphatic imine (C=N–C) groups is 1. The molecule has 0 aromatic heterocycles. The molecule has 1 heterocycles. The number of guanidine groups is 1. The van der Waals surface area contributed by atoms with Gasteiger partial charge in [0.15, 0.2) is 5.96 Å². The van der Waals surface area contributed by atoms with Gasteiger partial charge < -0.3 is 15.0 Å². The zero-order chi connectivity index (χ0) is 23.5. The van der Waals surface area contributed by atoms with Gasteiger partial charge in [-0.3, -0.25) is 0 Å². The summed E-state index contributed by atoms with van der Waals surface area (Å²) >= 11 is 6.05. The number of ether oxygens (including phenoxy) is 1. The van der Waals surface area contributed by atoms with Crippen molar-refractivity contribution in [2.75, 3.05) is 13.7 Å². The quantitative estimate of drug-likeness (QED) is 0.606. The van der Waals surface area contributed by atoms with Gasteiger partial charge in [0, 0.05) is 17.3 Å². The summed E-state index contributed by atoms with van der Waals surface area (Å²) in [5.41, 5.74) is 1.15. The van der Waals surface area contributed by atoms with E-state index in [1.54, 1.807) is 30.0 Å². The van der Waals surface area contributed by atoms with Crippen LogP contribution >= 0.6 is 11.6 Å². The van der Waals surface area contributed by atoms with Crippen LogP contribution in [0.2, 0.25) is 5.02 Å². The number of esters is 1. The summed E-state index contributed by atoms with van der Waals surface area (Å²) in [6, 6.07) is 11.3. The summed E-state index contributed by atoms with van der Waals surface area (Å²) in [6.07, 6.45) is -4.51. The Bertz CT molecular complexity index is 1070. The number of methoxy groups -OCH3 is 1. The van der Waals surface area contributed by atoms with E-state index < -0.39 is 23.8 Å². The van der Waals surface area contributed by atoms with E-state index in [0.29, 0.717) is 29.8 Å². The fourth-order valence-corrected chi connectivity index (χ4v) is 3.84. The highest BCUT2D eigenvalue weighted by molar-refractivity contribution is 6.30. The molecule has 1 N–H and O–H groups in total. The van der Waals surface area contributed by atoms with Gasteiger partial charge in [-0.2, -0.15) is 13.2 Å². The van der Waals surface area contributed by atoms with Gasteiger partial charge in [0.25, 0.3) is 0 Å². The molecule has 3 rings (SSSR count). The predicted molar refractivity (Wildman–Crippen MR) is 117 cm³/mol. The summed E-state index contributed by atoms with van der Waals surface area (Å²) in [7, 11) is 1.24. The molecule has 2 aromatic carbocycles. The number of carbonyl (C=O) groups excluding carboxylic acids is 1. The van der Waals surface area contributed by atoms with Crippen LogP contribution in [0.5, 0.6) is 0 Å². The lowest BCUT2D eigenvalue weighted by atomic mass is 9.93. The summed E-state index contributed by atoms with van der Waals surface area (Å²) < 4.78 is 44.8. The van der Waals surface area contributed by atoms with E-state index in [0.717, 1.165) is 17.7 Å². The molecule has 9 heteroatoms. The molecule has 32 heavy (non-hydrogen) atoms. The van der Waals surface area contributed by atoms with Crippen LogP contribution in [-0.4, -0.2) is 30.5 Å². The molecule has 1 aliphatic rings. The number of carbonyl (C=O) groups is 1. The number of hydrogen-bond acceptors (Lipinski definition) is 3. The van der Waals surface area contributed by atoms with Crippen LogP contribution in [0.25, 0.3) is 0 Å². The van der Waals surface area contributed by atoms with Crippen LogP contribution in [0.3, 0.4) is 0 Å². The lowest BCUT2D eigenvalue weighted by Crippen LogP contribution is -2.49. The maximum absolute atomic E-state index is 13.3. The fraction of sp³-hybridized carbons (Fsp3) is 0.304. The Morgan fingerprint density at radius 1 is 1.22 bits per heavy atom. The highest BCUT2D eigenvalue weighted by atomic mass is 35.5. The van der Waals surface area contributed by atoms with Gasteiger partial charge in [-0.25, -0.2) is 9.79 Å². The van der Waals surface area contributed by atoms with Crippen LogP contribution in [0.1, 0.15) is 36.6 Å². The number of nitrogens with zero attached hydrogens (tertiary/aromatic N) is 2. The zero-order valence-electron chi connectivity index (χ0n) is 17.8. The van der Waals surface area contributed by atoms with Crippen LogP contribution < -0.4 is 5.32 Å². The fourth-order valence-electron chi connectivity index (χ4n) is 3.63. The SMILES string of the molecule is CCN1C(=NCc2cccc(Cl)c2)N[C@@H](c2cccc(C(F)(F)F)c2)C(C(=O)OC)=C1C. The molecule has 0 saturated carbocycles. The molecule has 0 bridgehead atoms. The van der Waals surface area contributed by atoms with E-state index in [-0.39, 0.29) is 11.1 Å². The highest BCUT2D eigenvalue weighted by Gasteiger charge is 2.36. The normalized spacial score (nSPS) is 18.0. The lowest BCUT2D eigenvalue weighted by molar-refractivity contribution is -0.137. The number of halogens is 4. The Balaban J connectivity index is 2.07. The van der Waals surface area contributed by atoms with Crippen molar-refractivity contribution in [3.63, 3.8) is 0 Å². The molecule has 5 nitrogen and oxygen atoms in total. The van der Waals surface area contributed by atoms with Gasteiger partial charge in [-0.1, -0.05) is 35.9 Å². The average molecular weight is 466 g/mol. The number of allylic oxidation sites excluding steroid dienone is 1. The maximum atomic E-state index is 13.3. The average Bonchev–Trinajstić information content (AvgIpc) is 2.76. The highest BCUT2D eigenvalue weighted by Crippen LogP contribution is 2.35. The first-order chi connectivity index (χ1) is 15.2. The van der Waals surface area contributed by atoms with Crippen molar-refractivity contribution in [2.45, 2.75) is 32.6 Å². The van der Waals surface area contributed by atoms with Gasteiger partial charge in [-0.15, -0.1) is 0 Å². The van der Waals surface area contributed by atoms with Gasteiger partial charge in [0.2, 0.25) is 0 Å². The van der Waals surface area contributed by atoms with Gasteiger partial charge in [0.05, 0.1) is 30.8 Å². The zero-order valence-corrected chi connectivity index (χ0v) is 18.6. The van der Waals surface area contributed by atoms with Crippen LogP contribution in [0, 0.1) is 0 Å². The molecule has 170 valence electrons. The van der Waals surface area contributed by atoms with Crippen LogP contribution in [0.15, 0.2) is 64.8 Å². The first-order valence-electron chi connectivity index (χ1n) is 9.95. The molecule has 1 atom stereocenters. The van der Waals surface area contributed by atoms with Crippen molar-refractivity contribution < 1.29 is 22.7 Å². The van der Waals surface area contributed by atoms with E-state index >= 15 is 0 Å². The molecule has 0 unspecified atom stereocenters. The monoisotopic (exact) mass is 465 g/mol. The maximum Gasteiger partial charge on any atom is 0.416 e. The number of nitrogens with one attached hydrogen (secondary N) is 1. The van der Waals surface area contributed by atoms with Crippen molar-refractivity contribution in [1.82, 2.24) is 10.2 Å². The van der Waals surface area contributed by atoms with Gasteiger partial charge >= 0.3 is 12.1 Å². The molecule has 0 saturated heterocycles. The van der Waals surface area contributed by atoms with E-state index in [2.05, 4.69) is 10.3 Å². The second kappa shape index (κ2) is 9.65. The summed E-state index contributed by atoms with van der Waals surface area (Å²) in [4.78, 5) is 19.0. The number of hydrogen-bond donors (Lipinski definition) is 1. The largest absolute Gasteiger partial charge is 0.466 e. The topological polar surface area (TPSA) is 53.9 Å². The third-order valence-corrected chi connectivity index (χ3v) is 5.42.